The maximum absolute atomic E-state index is 12.4. The molecule has 2 aromatic rings. The summed E-state index contributed by atoms with van der Waals surface area (Å²) < 4.78 is 0. The molecule has 0 saturated heterocycles. The molecule has 1 aliphatic rings. The van der Waals surface area contributed by atoms with Crippen LogP contribution >= 0.6 is 11.6 Å². The maximum atomic E-state index is 12.4. The molecule has 1 saturated carbocycles. The molecule has 0 spiro atoms. The molecule has 0 heterocycles. The highest BCUT2D eigenvalue weighted by molar-refractivity contribution is 6.33. The number of aliphatic imine (C=N–C) groups is 1. The summed E-state index contributed by atoms with van der Waals surface area (Å²) in [5.41, 5.74) is 7.66. The molecule has 0 unspecified atom stereocenters. The number of nitrogens with one attached hydrogen (secondary N) is 2. The topological polar surface area (TPSA) is 117 Å². The van der Waals surface area contributed by atoms with E-state index in [0.29, 0.717) is 22.2 Å². The fourth-order valence-corrected chi connectivity index (χ4v) is 2.89. The Morgan fingerprint density at radius 2 is 1.91 bits per heavy atom. The molecule has 3 amide bonds. The molecule has 0 aliphatic heterocycles. The highest BCUT2D eigenvalue weighted by Crippen LogP contribution is 2.27. The van der Waals surface area contributed by atoms with E-state index in [9.17, 15) is 14.7 Å². The predicted octanol–water partition coefficient (Wildman–Crippen LogP) is 3.67. The maximum Gasteiger partial charge on any atom is 0.347 e. The number of benzene rings is 2. The molecule has 0 atom stereocenters. The van der Waals surface area contributed by atoms with Crippen molar-refractivity contribution in [1.82, 2.24) is 5.32 Å². The quantitative estimate of drug-likeness (QED) is 0.295. The molecule has 0 radical (unpaired) electrons. The van der Waals surface area contributed by atoms with E-state index in [-0.39, 0.29) is 24.9 Å². The van der Waals surface area contributed by atoms with E-state index in [1.165, 1.54) is 12.8 Å². The number of halogens is 1. The van der Waals surface area contributed by atoms with Crippen LogP contribution in [-0.2, 0) is 11.3 Å². The van der Waals surface area contributed by atoms with Crippen LogP contribution in [0.3, 0.4) is 0 Å². The lowest BCUT2D eigenvalue weighted by Crippen LogP contribution is -2.38. The van der Waals surface area contributed by atoms with Crippen molar-refractivity contribution in [3.8, 4) is 11.8 Å². The van der Waals surface area contributed by atoms with Gasteiger partial charge in [0.25, 0.3) is 0 Å². The van der Waals surface area contributed by atoms with Crippen LogP contribution in [0.15, 0.2) is 47.5 Å². The van der Waals surface area contributed by atoms with Gasteiger partial charge in [-0.1, -0.05) is 41.6 Å². The molecule has 3 rings (SSSR count). The largest absolute Gasteiger partial charge is 0.395 e. The smallest absolute Gasteiger partial charge is 0.347 e. The second kappa shape index (κ2) is 10.5. The first-order valence-corrected chi connectivity index (χ1v) is 11.0. The third kappa shape index (κ3) is 7.07. The van der Waals surface area contributed by atoms with Crippen LogP contribution in [0.1, 0.15) is 43.4 Å². The summed E-state index contributed by atoms with van der Waals surface area (Å²) in [7, 11) is 0. The van der Waals surface area contributed by atoms with E-state index in [4.69, 9.17) is 17.3 Å². The van der Waals surface area contributed by atoms with Gasteiger partial charge in [0.2, 0.25) is 5.91 Å². The van der Waals surface area contributed by atoms with Crippen molar-refractivity contribution in [2.75, 3.05) is 11.9 Å². The van der Waals surface area contributed by atoms with Crippen LogP contribution in [-0.4, -0.2) is 29.5 Å². The fourth-order valence-electron chi connectivity index (χ4n) is 2.73. The van der Waals surface area contributed by atoms with Crippen LogP contribution in [0.4, 0.5) is 10.5 Å². The molecule has 5 N–H and O–H groups in total. The normalized spacial score (nSPS) is 13.6. The van der Waals surface area contributed by atoms with Crippen LogP contribution in [0.5, 0.6) is 0 Å². The predicted molar refractivity (Wildman–Crippen MR) is 130 cm³/mol. The number of nitrogens with zero attached hydrogens (tertiary/aromatic N) is 1. The summed E-state index contributed by atoms with van der Waals surface area (Å²) in [6, 6.07) is 11.6. The first kappa shape index (κ1) is 24.3. The number of urea groups is 1. The monoisotopic (exact) mass is 466 g/mol. The van der Waals surface area contributed by atoms with Crippen molar-refractivity contribution in [1.29, 1.82) is 0 Å². The summed E-state index contributed by atoms with van der Waals surface area (Å²) >= 11 is 6.20. The number of aliphatic hydroxyl groups is 1. The summed E-state index contributed by atoms with van der Waals surface area (Å²) in [4.78, 5) is 28.4. The Morgan fingerprint density at radius 3 is 2.55 bits per heavy atom. The second-order valence-electron chi connectivity index (χ2n) is 8.59. The van der Waals surface area contributed by atoms with Crippen molar-refractivity contribution in [2.45, 2.75) is 33.2 Å². The van der Waals surface area contributed by atoms with Gasteiger partial charge in [-0.2, -0.15) is 4.99 Å². The van der Waals surface area contributed by atoms with Gasteiger partial charge in [-0.05, 0) is 56.5 Å². The first-order valence-electron chi connectivity index (χ1n) is 10.6. The number of amides is 3. The first-order chi connectivity index (χ1) is 15.7. The summed E-state index contributed by atoms with van der Waals surface area (Å²) in [5, 5.41) is 15.0. The van der Waals surface area contributed by atoms with Gasteiger partial charge >= 0.3 is 6.03 Å². The molecule has 1 fully saturated rings. The highest BCUT2D eigenvalue weighted by Gasteiger charge is 2.26. The van der Waals surface area contributed by atoms with E-state index in [1.807, 2.05) is 12.1 Å². The number of carbonyl (C=O) groups excluding carboxylic acids is 2. The number of hydrogen-bond acceptors (Lipinski definition) is 3. The third-order valence-electron chi connectivity index (χ3n) is 5.14. The molecule has 7 nitrogen and oxygen atoms in total. The van der Waals surface area contributed by atoms with E-state index in [2.05, 4.69) is 27.5 Å². The van der Waals surface area contributed by atoms with Crippen molar-refractivity contribution in [2.24, 2.45) is 22.1 Å². The Kier molecular flexibility index (Phi) is 7.75. The van der Waals surface area contributed by atoms with Gasteiger partial charge < -0.3 is 21.5 Å². The zero-order valence-corrected chi connectivity index (χ0v) is 19.4. The number of rotatable bonds is 6. The average molecular weight is 467 g/mol. The third-order valence-corrected chi connectivity index (χ3v) is 5.47. The number of aliphatic hydroxyl groups excluding tert-OH is 1. The number of anilines is 1. The minimum Gasteiger partial charge on any atom is -0.395 e. The van der Waals surface area contributed by atoms with Crippen LogP contribution in [0, 0.1) is 23.2 Å². The molecule has 0 aromatic heterocycles. The lowest BCUT2D eigenvalue weighted by atomic mass is 9.94. The van der Waals surface area contributed by atoms with Crippen molar-refractivity contribution < 1.29 is 14.7 Å². The molecular formula is C25H27ClN4O3. The molecule has 33 heavy (non-hydrogen) atoms. The number of amidine groups is 1. The van der Waals surface area contributed by atoms with Crippen LogP contribution < -0.4 is 16.4 Å². The van der Waals surface area contributed by atoms with Gasteiger partial charge in [0.1, 0.15) is 5.84 Å². The van der Waals surface area contributed by atoms with Crippen molar-refractivity contribution in [3.05, 3.63) is 64.2 Å². The van der Waals surface area contributed by atoms with Crippen LogP contribution in [0.25, 0.3) is 0 Å². The lowest BCUT2D eigenvalue weighted by molar-refractivity contribution is -0.131. The Labute approximate surface area is 198 Å². The highest BCUT2D eigenvalue weighted by atomic mass is 35.5. The number of carbonyl (C=O) groups is 2. The van der Waals surface area contributed by atoms with E-state index in [0.717, 1.165) is 11.1 Å². The molecule has 8 heteroatoms. The second-order valence-corrected chi connectivity index (χ2v) is 8.99. The Morgan fingerprint density at radius 1 is 1.21 bits per heavy atom. The van der Waals surface area contributed by atoms with E-state index in [1.54, 1.807) is 44.2 Å². The van der Waals surface area contributed by atoms with E-state index >= 15 is 0 Å². The van der Waals surface area contributed by atoms with Crippen molar-refractivity contribution in [3.63, 3.8) is 0 Å². The van der Waals surface area contributed by atoms with Gasteiger partial charge in [-0.25, -0.2) is 4.79 Å². The summed E-state index contributed by atoms with van der Waals surface area (Å²) in [6.45, 7) is 3.24. The summed E-state index contributed by atoms with van der Waals surface area (Å²) in [6.07, 6.45) is 2.34. The minimum absolute atomic E-state index is 0.0694. The minimum atomic E-state index is -0.891. The van der Waals surface area contributed by atoms with Gasteiger partial charge in [0.15, 0.2) is 0 Å². The van der Waals surface area contributed by atoms with Crippen molar-refractivity contribution >= 4 is 35.1 Å². The lowest BCUT2D eigenvalue weighted by Gasteiger charge is -2.20. The zero-order valence-electron chi connectivity index (χ0n) is 18.6. The standard InChI is InChI=1S/C25H27ClN4O3/c1-25(2,15-31)23(32)28-14-18-9-12-20(26)21(13-18)29-24(33)30-22(27)19-10-7-17(8-11-19)6-5-16-3-4-16/h7-13,16,31H,3-4,14-15H2,1-2H3,(H,28,32)(H3,27,29,30,33). The molecule has 1 aliphatic carbocycles. The number of hydrogen-bond donors (Lipinski definition) is 4. The van der Waals surface area contributed by atoms with Gasteiger partial charge in [-0.15, -0.1) is 0 Å². The SMILES string of the molecule is CC(C)(CO)C(=O)NCc1ccc(Cl)c(NC(=O)/N=C(\N)c2ccc(C#CC3CC3)cc2)c1. The zero-order chi connectivity index (χ0) is 24.0. The Hall–Kier alpha value is -3.34. The molecule has 172 valence electrons. The summed E-state index contributed by atoms with van der Waals surface area (Å²) in [5.74, 6) is 6.62. The Bertz CT molecular complexity index is 1130. The van der Waals surface area contributed by atoms with Gasteiger partial charge in [0, 0.05) is 23.6 Å². The molecule has 0 bridgehead atoms. The van der Waals surface area contributed by atoms with Crippen LogP contribution in [0.2, 0.25) is 5.02 Å². The molecular weight excluding hydrogens is 440 g/mol. The van der Waals surface area contributed by atoms with Gasteiger partial charge in [-0.3, -0.25) is 4.79 Å². The molecule has 2 aromatic carbocycles. The number of nitrogens with two attached hydrogens (primary N) is 1. The fraction of sp³-hybridized carbons (Fsp3) is 0.320. The average Bonchev–Trinajstić information content (AvgIpc) is 3.62. The Balaban J connectivity index is 1.63. The van der Waals surface area contributed by atoms with Gasteiger partial charge in [0.05, 0.1) is 22.7 Å². The van der Waals surface area contributed by atoms with E-state index < -0.39 is 11.4 Å².